The van der Waals surface area contributed by atoms with E-state index >= 15 is 0 Å². The number of hydrogen-bond donors (Lipinski definition) is 0. The number of fused-ring (bicyclic) bond motifs is 1. The lowest BCUT2D eigenvalue weighted by atomic mass is 10.1. The first-order chi connectivity index (χ1) is 13.7. The van der Waals surface area contributed by atoms with Crippen LogP contribution in [0.1, 0.15) is 24.6 Å². The van der Waals surface area contributed by atoms with Crippen LogP contribution in [-0.4, -0.2) is 24.7 Å². The van der Waals surface area contributed by atoms with Gasteiger partial charge in [-0.15, -0.1) is 28.1 Å². The zero-order chi connectivity index (χ0) is 19.1. The minimum Gasteiger partial charge on any atom is -0.302 e. The summed E-state index contributed by atoms with van der Waals surface area (Å²) in [4.78, 5) is 9.99. The van der Waals surface area contributed by atoms with Gasteiger partial charge in [0, 0.05) is 28.4 Å². The first-order valence-corrected chi connectivity index (χ1v) is 11.0. The van der Waals surface area contributed by atoms with Crippen molar-refractivity contribution in [3.63, 3.8) is 0 Å². The molecule has 0 atom stereocenters. The highest BCUT2D eigenvalue weighted by Gasteiger charge is 2.30. The van der Waals surface area contributed by atoms with Crippen LogP contribution < -0.4 is 0 Å². The Morgan fingerprint density at radius 3 is 2.79 bits per heavy atom. The van der Waals surface area contributed by atoms with E-state index in [1.165, 1.54) is 24.6 Å². The second-order valence-corrected chi connectivity index (χ2v) is 8.88. The summed E-state index contributed by atoms with van der Waals surface area (Å²) in [6, 6.07) is 7.85. The fourth-order valence-electron chi connectivity index (χ4n) is 3.17. The van der Waals surface area contributed by atoms with Crippen molar-refractivity contribution in [3.05, 3.63) is 59.5 Å². The van der Waals surface area contributed by atoms with Gasteiger partial charge in [0.05, 0.1) is 5.39 Å². The summed E-state index contributed by atoms with van der Waals surface area (Å²) in [5.41, 5.74) is 2.20. The molecule has 0 aliphatic heterocycles. The standard InChI is InChI=1S/C20H16ClN5S2/c1-2-9-26-17(13-3-4-13)24-25-20(26)28-19-16-15(10-27-18(16)22-11-23-19)12-5-7-14(21)8-6-12/h2,5-8,10-11,13H,1,3-4,9H2. The Balaban J connectivity index is 1.59. The van der Waals surface area contributed by atoms with Crippen LogP contribution in [0.5, 0.6) is 0 Å². The van der Waals surface area contributed by atoms with Gasteiger partial charge in [-0.2, -0.15) is 0 Å². The van der Waals surface area contributed by atoms with E-state index in [1.54, 1.807) is 17.7 Å². The predicted octanol–water partition coefficient (Wildman–Crippen LogP) is 5.82. The maximum atomic E-state index is 6.06. The van der Waals surface area contributed by atoms with Crippen LogP contribution >= 0.6 is 34.7 Å². The normalized spacial score (nSPS) is 13.9. The lowest BCUT2D eigenvalue weighted by molar-refractivity contribution is 0.681. The van der Waals surface area contributed by atoms with Gasteiger partial charge in [-0.3, -0.25) is 0 Å². The molecule has 1 fully saturated rings. The molecule has 5 nitrogen and oxygen atoms in total. The summed E-state index contributed by atoms with van der Waals surface area (Å²) < 4.78 is 2.15. The van der Waals surface area contributed by atoms with Gasteiger partial charge in [0.1, 0.15) is 22.0 Å². The lowest BCUT2D eigenvalue weighted by Gasteiger charge is -2.08. The summed E-state index contributed by atoms with van der Waals surface area (Å²) in [5.74, 6) is 1.58. The van der Waals surface area contributed by atoms with Gasteiger partial charge in [0.25, 0.3) is 0 Å². The number of nitrogens with zero attached hydrogens (tertiary/aromatic N) is 5. The summed E-state index contributed by atoms with van der Waals surface area (Å²) in [6.45, 7) is 4.58. The molecule has 1 aromatic carbocycles. The highest BCUT2D eigenvalue weighted by atomic mass is 35.5. The Kier molecular flexibility index (Phi) is 4.66. The monoisotopic (exact) mass is 425 g/mol. The maximum Gasteiger partial charge on any atom is 0.197 e. The molecule has 3 aromatic heterocycles. The highest BCUT2D eigenvalue weighted by Crippen LogP contribution is 2.43. The molecule has 3 heterocycles. The largest absolute Gasteiger partial charge is 0.302 e. The second-order valence-electron chi connectivity index (χ2n) is 6.63. The van der Waals surface area contributed by atoms with Crippen molar-refractivity contribution in [1.82, 2.24) is 24.7 Å². The van der Waals surface area contributed by atoms with E-state index in [-0.39, 0.29) is 0 Å². The van der Waals surface area contributed by atoms with Crippen LogP contribution in [0.15, 0.2) is 58.8 Å². The maximum absolute atomic E-state index is 6.06. The van der Waals surface area contributed by atoms with Crippen LogP contribution in [-0.2, 0) is 6.54 Å². The molecule has 4 aromatic rings. The zero-order valence-corrected chi connectivity index (χ0v) is 17.3. The van der Waals surface area contributed by atoms with Crippen LogP contribution in [0.2, 0.25) is 5.02 Å². The van der Waals surface area contributed by atoms with Crippen molar-refractivity contribution < 1.29 is 0 Å². The van der Waals surface area contributed by atoms with Crippen LogP contribution in [0.25, 0.3) is 21.3 Å². The average molecular weight is 426 g/mol. The molecule has 0 amide bonds. The molecule has 5 rings (SSSR count). The highest BCUT2D eigenvalue weighted by molar-refractivity contribution is 7.99. The van der Waals surface area contributed by atoms with E-state index in [4.69, 9.17) is 11.6 Å². The summed E-state index contributed by atoms with van der Waals surface area (Å²) in [7, 11) is 0. The number of rotatable bonds is 6. The number of hydrogen-bond acceptors (Lipinski definition) is 6. The lowest BCUT2D eigenvalue weighted by Crippen LogP contribution is -2.02. The number of aromatic nitrogens is 5. The van der Waals surface area contributed by atoms with Gasteiger partial charge in [0.15, 0.2) is 5.16 Å². The van der Waals surface area contributed by atoms with Gasteiger partial charge < -0.3 is 4.57 Å². The van der Waals surface area contributed by atoms with Gasteiger partial charge in [-0.05, 0) is 42.3 Å². The number of allylic oxidation sites excluding steroid dienone is 1. The third-order valence-electron chi connectivity index (χ3n) is 4.68. The molecule has 0 unspecified atom stereocenters. The van der Waals surface area contributed by atoms with Crippen LogP contribution in [0, 0.1) is 0 Å². The Hall–Kier alpha value is -2.22. The molecule has 0 bridgehead atoms. The minimum atomic E-state index is 0.526. The van der Waals surface area contributed by atoms with E-state index in [9.17, 15) is 0 Å². The summed E-state index contributed by atoms with van der Waals surface area (Å²) in [6.07, 6.45) is 5.87. The number of thiophene rings is 1. The van der Waals surface area contributed by atoms with Crippen LogP contribution in [0.3, 0.4) is 0 Å². The second kappa shape index (κ2) is 7.31. The Labute approximate surface area is 175 Å². The molecular weight excluding hydrogens is 410 g/mol. The van der Waals surface area contributed by atoms with Crippen molar-refractivity contribution in [2.45, 2.75) is 35.5 Å². The number of halogens is 1. The molecule has 1 aliphatic carbocycles. The van der Waals surface area contributed by atoms with Crippen molar-refractivity contribution in [2.24, 2.45) is 0 Å². The molecule has 1 aliphatic rings. The van der Waals surface area contributed by atoms with Crippen molar-refractivity contribution in [1.29, 1.82) is 0 Å². The van der Waals surface area contributed by atoms with Gasteiger partial charge in [-0.25, -0.2) is 9.97 Å². The first kappa shape index (κ1) is 17.8. The van der Waals surface area contributed by atoms with Gasteiger partial charge in [-0.1, -0.05) is 29.8 Å². The SMILES string of the molecule is C=CCn1c(Sc2ncnc3scc(-c4ccc(Cl)cc4)c23)nnc1C1CC1. The van der Waals surface area contributed by atoms with Gasteiger partial charge in [0.2, 0.25) is 0 Å². The quantitative estimate of drug-likeness (QED) is 0.288. The smallest absolute Gasteiger partial charge is 0.197 e. The molecule has 0 saturated heterocycles. The van der Waals surface area contributed by atoms with E-state index in [0.717, 1.165) is 42.4 Å². The Bertz CT molecular complexity index is 1160. The average Bonchev–Trinajstić information content (AvgIpc) is 3.34. The minimum absolute atomic E-state index is 0.526. The van der Waals surface area contributed by atoms with Crippen molar-refractivity contribution in [2.75, 3.05) is 0 Å². The summed E-state index contributed by atoms with van der Waals surface area (Å²) in [5, 5.41) is 14.5. The van der Waals surface area contributed by atoms with E-state index in [0.29, 0.717) is 12.5 Å². The molecule has 0 radical (unpaired) electrons. The van der Waals surface area contributed by atoms with E-state index in [1.807, 2.05) is 30.3 Å². The summed E-state index contributed by atoms with van der Waals surface area (Å²) >= 11 is 9.21. The molecule has 0 spiro atoms. The van der Waals surface area contributed by atoms with E-state index < -0.39 is 0 Å². The fraction of sp³-hybridized carbons (Fsp3) is 0.200. The van der Waals surface area contributed by atoms with Crippen molar-refractivity contribution in [3.8, 4) is 11.1 Å². The molecule has 1 saturated carbocycles. The van der Waals surface area contributed by atoms with E-state index in [2.05, 4.69) is 36.7 Å². The van der Waals surface area contributed by atoms with Crippen LogP contribution in [0.4, 0.5) is 0 Å². The Morgan fingerprint density at radius 1 is 1.21 bits per heavy atom. The molecule has 28 heavy (non-hydrogen) atoms. The molecular formula is C20H16ClN5S2. The predicted molar refractivity (Wildman–Crippen MR) is 114 cm³/mol. The number of benzene rings is 1. The zero-order valence-electron chi connectivity index (χ0n) is 14.9. The van der Waals surface area contributed by atoms with Crippen molar-refractivity contribution >= 4 is 44.9 Å². The molecule has 140 valence electrons. The first-order valence-electron chi connectivity index (χ1n) is 8.94. The third kappa shape index (κ3) is 3.23. The molecule has 8 heteroatoms. The van der Waals surface area contributed by atoms with Gasteiger partial charge >= 0.3 is 0 Å². The topological polar surface area (TPSA) is 56.5 Å². The Morgan fingerprint density at radius 2 is 2.04 bits per heavy atom. The fourth-order valence-corrected chi connectivity index (χ4v) is 5.22. The molecule has 0 N–H and O–H groups in total. The third-order valence-corrected chi connectivity index (χ3v) is 6.80.